The molecule has 0 atom stereocenters. The zero-order valence-corrected chi connectivity index (χ0v) is 25.2. The standard InChI is InChI=1S/C31H37N9O4/c1-31(2,3)44-30(42)39-13-10-24(11-14-39)40-28-25(20-33-40)27(38-15-17-43-18-16-38)36-26(37-28)21-6-8-22(9-7-21)34-29(41)35-23-5-4-12-32-19-23/h4-9,12,19-20,24H,10-11,13-18H2,1-3H3,(H2,34,35,41). The SMILES string of the molecule is CC(C)(C)OC(=O)N1CCC(n2ncc3c(N4CCOCC4)nc(-c4ccc(NC(=O)Nc5cccnc5)cc4)nc32)CC1. The van der Waals surface area contributed by atoms with Crippen LogP contribution in [0.25, 0.3) is 22.4 Å². The zero-order valence-electron chi connectivity index (χ0n) is 25.2. The minimum Gasteiger partial charge on any atom is -0.444 e. The summed E-state index contributed by atoms with van der Waals surface area (Å²) in [5.41, 5.74) is 2.27. The lowest BCUT2D eigenvalue weighted by molar-refractivity contribution is 0.0186. The number of amides is 3. The Morgan fingerprint density at radius 2 is 1.66 bits per heavy atom. The fourth-order valence-corrected chi connectivity index (χ4v) is 5.38. The van der Waals surface area contributed by atoms with Gasteiger partial charge in [-0.25, -0.2) is 24.2 Å². The lowest BCUT2D eigenvalue weighted by Gasteiger charge is -2.33. The van der Waals surface area contributed by atoms with Gasteiger partial charge in [0.25, 0.3) is 0 Å². The molecule has 2 N–H and O–H groups in total. The summed E-state index contributed by atoms with van der Waals surface area (Å²) in [6.45, 7) is 9.49. The van der Waals surface area contributed by atoms with E-state index in [1.807, 2.05) is 55.9 Å². The van der Waals surface area contributed by atoms with E-state index in [9.17, 15) is 9.59 Å². The highest BCUT2D eigenvalue weighted by Gasteiger charge is 2.30. The van der Waals surface area contributed by atoms with Crippen molar-refractivity contribution in [3.63, 3.8) is 0 Å². The quantitative estimate of drug-likeness (QED) is 0.326. The molecule has 13 heteroatoms. The van der Waals surface area contributed by atoms with Crippen molar-refractivity contribution in [2.45, 2.75) is 45.3 Å². The second-order valence-corrected chi connectivity index (χ2v) is 11.9. The van der Waals surface area contributed by atoms with Crippen LogP contribution in [0, 0.1) is 0 Å². The average Bonchev–Trinajstić information content (AvgIpc) is 3.45. The first kappa shape index (κ1) is 29.3. The summed E-state index contributed by atoms with van der Waals surface area (Å²) in [5.74, 6) is 1.39. The molecular weight excluding hydrogens is 562 g/mol. The highest BCUT2D eigenvalue weighted by molar-refractivity contribution is 5.99. The maximum Gasteiger partial charge on any atom is 0.410 e. The number of hydrogen-bond donors (Lipinski definition) is 2. The number of fused-ring (bicyclic) bond motifs is 1. The lowest BCUT2D eigenvalue weighted by atomic mass is 10.1. The van der Waals surface area contributed by atoms with Gasteiger partial charge in [0, 0.05) is 43.6 Å². The molecule has 0 unspecified atom stereocenters. The minimum atomic E-state index is -0.532. The van der Waals surface area contributed by atoms with Crippen LogP contribution in [-0.2, 0) is 9.47 Å². The third-order valence-electron chi connectivity index (χ3n) is 7.53. The Kier molecular flexibility index (Phi) is 8.29. The molecule has 1 aromatic carbocycles. The summed E-state index contributed by atoms with van der Waals surface area (Å²) < 4.78 is 13.2. The number of carbonyl (C=O) groups excluding carboxylic acids is 2. The van der Waals surface area contributed by atoms with Gasteiger partial charge < -0.3 is 29.9 Å². The van der Waals surface area contributed by atoms with Gasteiger partial charge in [-0.1, -0.05) is 0 Å². The van der Waals surface area contributed by atoms with Gasteiger partial charge in [-0.3, -0.25) is 4.98 Å². The number of pyridine rings is 1. The molecule has 0 spiro atoms. The van der Waals surface area contributed by atoms with Gasteiger partial charge >= 0.3 is 12.1 Å². The van der Waals surface area contributed by atoms with E-state index in [1.54, 1.807) is 29.4 Å². The molecule has 44 heavy (non-hydrogen) atoms. The first-order chi connectivity index (χ1) is 21.2. The van der Waals surface area contributed by atoms with Crippen molar-refractivity contribution < 1.29 is 19.1 Å². The fourth-order valence-electron chi connectivity index (χ4n) is 5.38. The number of anilines is 3. The third-order valence-corrected chi connectivity index (χ3v) is 7.53. The van der Waals surface area contributed by atoms with Crippen molar-refractivity contribution in [2.24, 2.45) is 0 Å². The number of nitrogens with one attached hydrogen (secondary N) is 2. The predicted octanol–water partition coefficient (Wildman–Crippen LogP) is 4.94. The Morgan fingerprint density at radius 3 is 2.34 bits per heavy atom. The fraction of sp³-hybridized carbons (Fsp3) is 0.419. The van der Waals surface area contributed by atoms with Crippen LogP contribution in [0.4, 0.5) is 26.8 Å². The molecule has 0 bridgehead atoms. The highest BCUT2D eigenvalue weighted by atomic mass is 16.6. The molecule has 0 radical (unpaired) electrons. The Labute approximate surface area is 255 Å². The molecule has 3 amide bonds. The zero-order chi connectivity index (χ0) is 30.7. The van der Waals surface area contributed by atoms with Crippen molar-refractivity contribution in [3.05, 3.63) is 55.0 Å². The van der Waals surface area contributed by atoms with Gasteiger partial charge in [-0.05, 0) is 70.0 Å². The topological polar surface area (TPSA) is 140 Å². The van der Waals surface area contributed by atoms with Crippen LogP contribution in [0.3, 0.4) is 0 Å². The first-order valence-electron chi connectivity index (χ1n) is 14.9. The molecule has 3 aromatic heterocycles. The van der Waals surface area contributed by atoms with E-state index in [0.29, 0.717) is 43.5 Å². The molecule has 2 saturated heterocycles. The van der Waals surface area contributed by atoms with Crippen LogP contribution in [-0.4, -0.2) is 86.8 Å². The van der Waals surface area contributed by atoms with E-state index >= 15 is 0 Å². The van der Waals surface area contributed by atoms with Gasteiger partial charge in [0.2, 0.25) is 0 Å². The predicted molar refractivity (Wildman–Crippen MR) is 167 cm³/mol. The van der Waals surface area contributed by atoms with Gasteiger partial charge in [0.05, 0.1) is 42.7 Å². The number of carbonyl (C=O) groups is 2. The molecule has 13 nitrogen and oxygen atoms in total. The first-order valence-corrected chi connectivity index (χ1v) is 14.9. The lowest BCUT2D eigenvalue weighted by Crippen LogP contribution is -2.42. The molecule has 2 aliphatic heterocycles. The number of aromatic nitrogens is 5. The van der Waals surface area contributed by atoms with Crippen LogP contribution in [0.5, 0.6) is 0 Å². The second-order valence-electron chi connectivity index (χ2n) is 11.9. The number of piperidine rings is 1. The summed E-state index contributed by atoms with van der Waals surface area (Å²) in [4.78, 5) is 43.1. The normalized spacial score (nSPS) is 16.2. The number of rotatable bonds is 5. The Balaban J connectivity index is 1.24. The van der Waals surface area contributed by atoms with Gasteiger partial charge in [-0.15, -0.1) is 0 Å². The molecule has 5 heterocycles. The summed E-state index contributed by atoms with van der Waals surface area (Å²) in [6.07, 6.45) is 6.27. The molecule has 230 valence electrons. The summed E-state index contributed by atoms with van der Waals surface area (Å²) >= 11 is 0. The number of likely N-dealkylation sites (tertiary alicyclic amines) is 1. The highest BCUT2D eigenvalue weighted by Crippen LogP contribution is 2.32. The smallest absolute Gasteiger partial charge is 0.410 e. The van der Waals surface area contributed by atoms with Crippen molar-refractivity contribution in [3.8, 4) is 11.4 Å². The van der Waals surface area contributed by atoms with Gasteiger partial charge in [0.1, 0.15) is 11.4 Å². The number of benzene rings is 1. The molecule has 2 aliphatic rings. The van der Waals surface area contributed by atoms with E-state index in [1.165, 1.54) is 0 Å². The molecular formula is C31H37N9O4. The molecule has 0 saturated carbocycles. The average molecular weight is 600 g/mol. The van der Waals surface area contributed by atoms with E-state index in [-0.39, 0.29) is 18.2 Å². The number of hydrogen-bond acceptors (Lipinski definition) is 9. The Bertz CT molecular complexity index is 1610. The van der Waals surface area contributed by atoms with Gasteiger partial charge in [0.15, 0.2) is 11.5 Å². The number of nitrogens with zero attached hydrogens (tertiary/aromatic N) is 7. The van der Waals surface area contributed by atoms with Crippen LogP contribution in [0.2, 0.25) is 0 Å². The van der Waals surface area contributed by atoms with Crippen molar-refractivity contribution in [1.29, 1.82) is 0 Å². The summed E-state index contributed by atoms with van der Waals surface area (Å²) in [7, 11) is 0. The largest absolute Gasteiger partial charge is 0.444 e. The molecule has 0 aliphatic carbocycles. The Morgan fingerprint density at radius 1 is 0.932 bits per heavy atom. The van der Waals surface area contributed by atoms with Crippen LogP contribution in [0.15, 0.2) is 55.0 Å². The summed E-state index contributed by atoms with van der Waals surface area (Å²) in [6, 6.07) is 10.7. The van der Waals surface area contributed by atoms with E-state index in [0.717, 1.165) is 48.3 Å². The van der Waals surface area contributed by atoms with Crippen LogP contribution in [0.1, 0.15) is 39.7 Å². The minimum absolute atomic E-state index is 0.0800. The molecule has 4 aromatic rings. The second kappa shape index (κ2) is 12.4. The molecule has 2 fully saturated rings. The van der Waals surface area contributed by atoms with Crippen molar-refractivity contribution in [1.82, 2.24) is 29.6 Å². The number of morpholine rings is 1. The van der Waals surface area contributed by atoms with Crippen molar-refractivity contribution in [2.75, 3.05) is 54.9 Å². The monoisotopic (exact) mass is 599 g/mol. The van der Waals surface area contributed by atoms with Crippen LogP contribution >= 0.6 is 0 Å². The maximum atomic E-state index is 12.6. The van der Waals surface area contributed by atoms with Gasteiger partial charge in [-0.2, -0.15) is 5.10 Å². The summed E-state index contributed by atoms with van der Waals surface area (Å²) in [5, 5.41) is 11.3. The van der Waals surface area contributed by atoms with Crippen molar-refractivity contribution >= 4 is 40.4 Å². The molecule has 6 rings (SSSR count). The van der Waals surface area contributed by atoms with E-state index in [2.05, 4.69) is 20.5 Å². The van der Waals surface area contributed by atoms with E-state index in [4.69, 9.17) is 24.5 Å². The third kappa shape index (κ3) is 6.72. The van der Waals surface area contributed by atoms with Crippen LogP contribution < -0.4 is 15.5 Å². The Hall–Kier alpha value is -4.78. The van der Waals surface area contributed by atoms with E-state index < -0.39 is 5.60 Å². The number of urea groups is 1. The maximum absolute atomic E-state index is 12.6. The number of ether oxygens (including phenoxy) is 2.